The second-order valence-corrected chi connectivity index (χ2v) is 6.40. The summed E-state index contributed by atoms with van der Waals surface area (Å²) in [5.41, 5.74) is 0.805. The third kappa shape index (κ3) is 3.85. The lowest BCUT2D eigenvalue weighted by Gasteiger charge is -2.14. The summed E-state index contributed by atoms with van der Waals surface area (Å²) in [5, 5.41) is 12.2. The van der Waals surface area contributed by atoms with Gasteiger partial charge in [-0.1, -0.05) is 17.4 Å². The highest BCUT2D eigenvalue weighted by Crippen LogP contribution is 2.29. The van der Waals surface area contributed by atoms with Gasteiger partial charge < -0.3 is 10.2 Å². The van der Waals surface area contributed by atoms with Gasteiger partial charge in [-0.05, 0) is 18.6 Å². The third-order valence-corrected chi connectivity index (χ3v) is 4.67. The number of carbonyl (C=O) groups is 2. The molecule has 1 fully saturated rings. The molecule has 3 heterocycles. The first-order valence-electron chi connectivity index (χ1n) is 7.65. The van der Waals surface area contributed by atoms with E-state index in [-0.39, 0.29) is 18.4 Å². The second-order valence-electron chi connectivity index (χ2n) is 5.47. The van der Waals surface area contributed by atoms with Crippen LogP contribution < -0.4 is 15.1 Å². The molecule has 0 aromatic carbocycles. The maximum absolute atomic E-state index is 12.0. The van der Waals surface area contributed by atoms with Crippen LogP contribution in [0, 0.1) is 0 Å². The van der Waals surface area contributed by atoms with E-state index in [9.17, 15) is 9.59 Å². The van der Waals surface area contributed by atoms with E-state index in [0.29, 0.717) is 29.8 Å². The van der Waals surface area contributed by atoms with Crippen LogP contribution in [0.3, 0.4) is 0 Å². The molecule has 3 rings (SSSR count). The molecule has 9 heteroatoms. The van der Waals surface area contributed by atoms with Crippen LogP contribution in [0.5, 0.6) is 0 Å². The smallest absolute Gasteiger partial charge is 0.239 e. The molecule has 0 aliphatic carbocycles. The molecule has 0 saturated carbocycles. The monoisotopic (exact) mass is 346 g/mol. The minimum atomic E-state index is -0.128. The molecule has 2 amide bonds. The summed E-state index contributed by atoms with van der Waals surface area (Å²) in [5.74, 6) is -0.0504. The highest BCUT2D eigenvalue weighted by atomic mass is 32.1. The molecule has 0 spiro atoms. The highest BCUT2D eigenvalue weighted by molar-refractivity contribution is 7.19. The number of pyridine rings is 1. The fourth-order valence-electron chi connectivity index (χ4n) is 2.35. The topological polar surface area (TPSA) is 91.3 Å². The van der Waals surface area contributed by atoms with Gasteiger partial charge >= 0.3 is 0 Å². The Labute approximate surface area is 143 Å². The average Bonchev–Trinajstić information content (AvgIpc) is 3.22. The summed E-state index contributed by atoms with van der Waals surface area (Å²) in [7, 11) is 1.77. The zero-order valence-electron chi connectivity index (χ0n) is 13.3. The molecule has 2 aromatic rings. The van der Waals surface area contributed by atoms with Crippen molar-refractivity contribution in [2.24, 2.45) is 0 Å². The van der Waals surface area contributed by atoms with Crippen molar-refractivity contribution in [2.75, 3.05) is 29.9 Å². The maximum atomic E-state index is 12.0. The summed E-state index contributed by atoms with van der Waals surface area (Å²) in [6.07, 6.45) is 3.09. The van der Waals surface area contributed by atoms with Gasteiger partial charge in [-0.25, -0.2) is 0 Å². The van der Waals surface area contributed by atoms with Gasteiger partial charge in [0.05, 0.1) is 18.8 Å². The molecular weight excluding hydrogens is 328 g/mol. The van der Waals surface area contributed by atoms with Gasteiger partial charge in [-0.2, -0.15) is 0 Å². The fourth-order valence-corrected chi connectivity index (χ4v) is 3.20. The average molecular weight is 346 g/mol. The van der Waals surface area contributed by atoms with Crippen molar-refractivity contribution in [1.82, 2.24) is 20.5 Å². The predicted molar refractivity (Wildman–Crippen MR) is 90.8 cm³/mol. The van der Waals surface area contributed by atoms with Crippen LogP contribution in [0.15, 0.2) is 24.4 Å². The van der Waals surface area contributed by atoms with Crippen molar-refractivity contribution >= 4 is 33.4 Å². The number of aromatic nitrogens is 3. The normalized spacial score (nSPS) is 14.0. The van der Waals surface area contributed by atoms with Gasteiger partial charge in [-0.15, -0.1) is 10.2 Å². The van der Waals surface area contributed by atoms with E-state index in [1.54, 1.807) is 23.0 Å². The van der Waals surface area contributed by atoms with Gasteiger partial charge in [0.25, 0.3) is 0 Å². The quantitative estimate of drug-likeness (QED) is 0.832. The summed E-state index contributed by atoms with van der Waals surface area (Å²) in [4.78, 5) is 31.3. The molecule has 1 saturated heterocycles. The Morgan fingerprint density at radius 3 is 3.00 bits per heavy atom. The summed E-state index contributed by atoms with van der Waals surface area (Å²) >= 11 is 1.31. The Kier molecular flexibility index (Phi) is 4.99. The Morgan fingerprint density at radius 1 is 1.42 bits per heavy atom. The molecule has 0 bridgehead atoms. The lowest BCUT2D eigenvalue weighted by atomic mass is 10.3. The zero-order valence-corrected chi connectivity index (χ0v) is 14.1. The lowest BCUT2D eigenvalue weighted by Crippen LogP contribution is -2.34. The minimum Gasteiger partial charge on any atom is -0.349 e. The molecule has 0 atom stereocenters. The van der Waals surface area contributed by atoms with E-state index >= 15 is 0 Å². The number of rotatable bonds is 6. The van der Waals surface area contributed by atoms with Crippen LogP contribution in [-0.4, -0.2) is 47.1 Å². The SMILES string of the molecule is CN(CC(=O)NCc1ccccn1)c1nnc(N2CCCC2=O)s1. The first-order valence-corrected chi connectivity index (χ1v) is 8.47. The van der Waals surface area contributed by atoms with Gasteiger partial charge in [0, 0.05) is 26.2 Å². The molecular formula is C15H18N6O2S. The van der Waals surface area contributed by atoms with Crippen LogP contribution in [0.25, 0.3) is 0 Å². The Morgan fingerprint density at radius 2 is 2.29 bits per heavy atom. The third-order valence-electron chi connectivity index (χ3n) is 3.61. The van der Waals surface area contributed by atoms with Gasteiger partial charge in [0.1, 0.15) is 0 Å². The molecule has 24 heavy (non-hydrogen) atoms. The van der Waals surface area contributed by atoms with Gasteiger partial charge in [-0.3, -0.25) is 19.5 Å². The summed E-state index contributed by atoms with van der Waals surface area (Å²) < 4.78 is 0. The highest BCUT2D eigenvalue weighted by Gasteiger charge is 2.25. The number of nitrogens with zero attached hydrogens (tertiary/aromatic N) is 5. The number of anilines is 2. The molecule has 1 aliphatic rings. The van der Waals surface area contributed by atoms with Gasteiger partial charge in [0.2, 0.25) is 22.1 Å². The number of carbonyl (C=O) groups excluding carboxylic acids is 2. The van der Waals surface area contributed by atoms with Crippen molar-refractivity contribution in [1.29, 1.82) is 0 Å². The van der Waals surface area contributed by atoms with Crippen molar-refractivity contribution < 1.29 is 9.59 Å². The number of likely N-dealkylation sites (N-methyl/N-ethyl adjacent to an activating group) is 1. The van der Waals surface area contributed by atoms with Crippen LogP contribution in [0.1, 0.15) is 18.5 Å². The van der Waals surface area contributed by atoms with Crippen molar-refractivity contribution in [3.63, 3.8) is 0 Å². The molecule has 1 aliphatic heterocycles. The number of amides is 2. The maximum Gasteiger partial charge on any atom is 0.239 e. The predicted octanol–water partition coefficient (Wildman–Crippen LogP) is 0.812. The van der Waals surface area contributed by atoms with E-state index in [1.165, 1.54) is 11.3 Å². The van der Waals surface area contributed by atoms with Crippen molar-refractivity contribution in [3.05, 3.63) is 30.1 Å². The zero-order chi connectivity index (χ0) is 16.9. The van der Waals surface area contributed by atoms with E-state index in [2.05, 4.69) is 20.5 Å². The van der Waals surface area contributed by atoms with E-state index in [4.69, 9.17) is 0 Å². The Hall–Kier alpha value is -2.55. The Balaban J connectivity index is 1.53. The van der Waals surface area contributed by atoms with Crippen LogP contribution in [0.2, 0.25) is 0 Å². The van der Waals surface area contributed by atoms with E-state index in [0.717, 1.165) is 12.1 Å². The first kappa shape index (κ1) is 16.3. The van der Waals surface area contributed by atoms with Crippen LogP contribution in [0.4, 0.5) is 10.3 Å². The molecule has 0 radical (unpaired) electrons. The van der Waals surface area contributed by atoms with E-state index in [1.807, 2.05) is 18.2 Å². The second kappa shape index (κ2) is 7.35. The molecule has 8 nitrogen and oxygen atoms in total. The van der Waals surface area contributed by atoms with Crippen molar-refractivity contribution in [3.8, 4) is 0 Å². The fraction of sp³-hybridized carbons (Fsp3) is 0.400. The minimum absolute atomic E-state index is 0.0773. The Bertz CT molecular complexity index is 720. The summed E-state index contributed by atoms with van der Waals surface area (Å²) in [6.45, 7) is 1.23. The summed E-state index contributed by atoms with van der Waals surface area (Å²) in [6, 6.07) is 5.56. The standard InChI is InChI=1S/C15H18N6O2S/c1-20(10-12(22)17-9-11-5-2-3-7-16-11)14-18-19-15(24-14)21-8-4-6-13(21)23/h2-3,5,7H,4,6,8-10H2,1H3,(H,17,22). The van der Waals surface area contributed by atoms with E-state index < -0.39 is 0 Å². The van der Waals surface area contributed by atoms with Crippen LogP contribution in [-0.2, 0) is 16.1 Å². The molecule has 0 unspecified atom stereocenters. The molecule has 126 valence electrons. The number of hydrogen-bond acceptors (Lipinski definition) is 7. The number of nitrogens with one attached hydrogen (secondary N) is 1. The lowest BCUT2D eigenvalue weighted by molar-refractivity contribution is -0.120. The van der Waals surface area contributed by atoms with Crippen molar-refractivity contribution in [2.45, 2.75) is 19.4 Å². The molecule has 2 aromatic heterocycles. The van der Waals surface area contributed by atoms with Gasteiger partial charge in [0.15, 0.2) is 0 Å². The number of hydrogen-bond donors (Lipinski definition) is 1. The molecule has 1 N–H and O–H groups in total. The first-order chi connectivity index (χ1) is 11.6. The van der Waals surface area contributed by atoms with Crippen LogP contribution >= 0.6 is 11.3 Å². The largest absolute Gasteiger partial charge is 0.349 e.